The molecule has 0 aromatic heterocycles. The van der Waals surface area contributed by atoms with Crippen LogP contribution in [0, 0.1) is 0 Å². The van der Waals surface area contributed by atoms with Gasteiger partial charge in [-0.2, -0.15) is 0 Å². The average molecular weight is 166 g/mol. The van der Waals surface area contributed by atoms with Crippen molar-refractivity contribution < 1.29 is 18.9 Å². The largest absolute Gasteiger partial charge is 1.00 e. The maximum absolute atomic E-state index is 7.02. The van der Waals surface area contributed by atoms with Crippen LogP contribution in [0.25, 0.3) is 5.84 Å². The number of hydrogen-bond donors (Lipinski definition) is 0. The second-order valence-electron chi connectivity index (χ2n) is 3.07. The van der Waals surface area contributed by atoms with Gasteiger partial charge in [-0.25, -0.2) is 0 Å². The summed E-state index contributed by atoms with van der Waals surface area (Å²) in [6.07, 6.45) is 3.23. The van der Waals surface area contributed by atoms with Crippen LogP contribution in [0.2, 0.25) is 0 Å². The van der Waals surface area contributed by atoms with Crippen molar-refractivity contribution in [2.45, 2.75) is 19.3 Å². The standard InChI is InChI=1S/C10H11N2.Li/c11-12-10-7-3-5-8-4-1-2-6-9(8)10;/h1-2,4,6,11H,3,5,7H2;/q-1;+1/b12-10+;. The van der Waals surface area contributed by atoms with E-state index in [4.69, 9.17) is 5.84 Å². The number of fused-ring (bicyclic) bond motifs is 1. The van der Waals surface area contributed by atoms with E-state index in [1.807, 2.05) is 12.1 Å². The molecule has 62 valence electrons. The van der Waals surface area contributed by atoms with Gasteiger partial charge in [0.25, 0.3) is 0 Å². The minimum atomic E-state index is 0. The normalized spacial score (nSPS) is 17.7. The summed E-state index contributed by atoms with van der Waals surface area (Å²) in [6, 6.07) is 8.24. The van der Waals surface area contributed by atoms with Crippen molar-refractivity contribution in [2.75, 3.05) is 0 Å². The Morgan fingerprint density at radius 1 is 1.15 bits per heavy atom. The van der Waals surface area contributed by atoms with Crippen molar-refractivity contribution >= 4 is 5.71 Å². The van der Waals surface area contributed by atoms with Crippen LogP contribution in [-0.2, 0) is 6.42 Å². The van der Waals surface area contributed by atoms with Crippen LogP contribution in [-0.4, -0.2) is 5.71 Å². The van der Waals surface area contributed by atoms with Gasteiger partial charge in [-0.15, -0.1) is 0 Å². The Kier molecular flexibility index (Phi) is 3.59. The molecular formula is C10H11LiN2. The van der Waals surface area contributed by atoms with E-state index in [-0.39, 0.29) is 18.9 Å². The first kappa shape index (κ1) is 10.4. The molecule has 1 aliphatic rings. The van der Waals surface area contributed by atoms with E-state index in [0.717, 1.165) is 25.0 Å². The summed E-state index contributed by atoms with van der Waals surface area (Å²) in [7, 11) is 0. The molecule has 3 heteroatoms. The fraction of sp³-hybridized carbons (Fsp3) is 0.300. The molecule has 0 spiro atoms. The van der Waals surface area contributed by atoms with Crippen LogP contribution < -0.4 is 18.9 Å². The zero-order valence-corrected chi connectivity index (χ0v) is 7.88. The smallest absolute Gasteiger partial charge is 0.616 e. The molecule has 1 aliphatic carbocycles. The molecule has 0 fully saturated rings. The summed E-state index contributed by atoms with van der Waals surface area (Å²) < 4.78 is 0. The predicted molar refractivity (Wildman–Crippen MR) is 50.2 cm³/mol. The molecule has 13 heavy (non-hydrogen) atoms. The van der Waals surface area contributed by atoms with Gasteiger partial charge in [-0.3, -0.25) is 0 Å². The number of rotatable bonds is 0. The van der Waals surface area contributed by atoms with Gasteiger partial charge in [0.15, 0.2) is 0 Å². The van der Waals surface area contributed by atoms with Crippen molar-refractivity contribution in [1.82, 2.24) is 0 Å². The molecule has 2 nitrogen and oxygen atoms in total. The van der Waals surface area contributed by atoms with Crippen LogP contribution in [0.1, 0.15) is 24.0 Å². The first-order valence-corrected chi connectivity index (χ1v) is 4.23. The minimum Gasteiger partial charge on any atom is -0.616 e. The maximum atomic E-state index is 7.02. The van der Waals surface area contributed by atoms with Crippen LogP contribution in [0.5, 0.6) is 0 Å². The van der Waals surface area contributed by atoms with Crippen molar-refractivity contribution in [3.05, 3.63) is 41.2 Å². The molecule has 0 saturated carbocycles. The third-order valence-corrected chi connectivity index (χ3v) is 2.32. The van der Waals surface area contributed by atoms with E-state index in [1.165, 1.54) is 11.1 Å². The van der Waals surface area contributed by atoms with Crippen LogP contribution in [0.15, 0.2) is 29.4 Å². The van der Waals surface area contributed by atoms with Gasteiger partial charge in [0, 0.05) is 5.71 Å². The zero-order valence-electron chi connectivity index (χ0n) is 7.88. The Labute approximate surface area is 90.4 Å². The Bertz CT molecular complexity index is 320. The molecule has 1 aromatic carbocycles. The van der Waals surface area contributed by atoms with Gasteiger partial charge in [-0.1, -0.05) is 24.3 Å². The fourth-order valence-electron chi connectivity index (χ4n) is 1.72. The molecule has 0 atom stereocenters. The van der Waals surface area contributed by atoms with Crippen molar-refractivity contribution in [1.29, 1.82) is 0 Å². The Morgan fingerprint density at radius 2 is 1.92 bits per heavy atom. The van der Waals surface area contributed by atoms with E-state index in [9.17, 15) is 0 Å². The Hall–Kier alpha value is -0.713. The maximum Gasteiger partial charge on any atom is 1.00 e. The SMILES string of the molecule is [Li+].[NH-]/N=C1\CCCc2ccccc21. The van der Waals surface area contributed by atoms with Crippen molar-refractivity contribution in [2.24, 2.45) is 5.10 Å². The molecule has 0 heterocycles. The first-order valence-electron chi connectivity index (χ1n) is 4.23. The van der Waals surface area contributed by atoms with Crippen molar-refractivity contribution in [3.63, 3.8) is 0 Å². The number of nitrogens with zero attached hydrogens (tertiary/aromatic N) is 1. The van der Waals surface area contributed by atoms with E-state index in [2.05, 4.69) is 17.2 Å². The second-order valence-corrected chi connectivity index (χ2v) is 3.07. The Morgan fingerprint density at radius 3 is 2.69 bits per heavy atom. The van der Waals surface area contributed by atoms with Gasteiger partial charge in [0.05, 0.1) is 0 Å². The van der Waals surface area contributed by atoms with Gasteiger partial charge < -0.3 is 10.9 Å². The summed E-state index contributed by atoms with van der Waals surface area (Å²) >= 11 is 0. The van der Waals surface area contributed by atoms with Crippen LogP contribution in [0.3, 0.4) is 0 Å². The molecule has 1 aromatic rings. The third kappa shape index (κ3) is 1.96. The topological polar surface area (TPSA) is 36.2 Å². The van der Waals surface area contributed by atoms with Gasteiger partial charge >= 0.3 is 18.9 Å². The molecule has 0 saturated heterocycles. The molecule has 0 amide bonds. The molecular weight excluding hydrogens is 155 g/mol. The summed E-state index contributed by atoms with van der Waals surface area (Å²) in [6.45, 7) is 0. The minimum absolute atomic E-state index is 0. The number of nitrogens with one attached hydrogen (secondary N) is 1. The second kappa shape index (κ2) is 4.50. The Balaban J connectivity index is 0.000000845. The number of aryl methyl sites for hydroxylation is 1. The summed E-state index contributed by atoms with van der Waals surface area (Å²) in [5, 5.41) is 3.56. The quantitative estimate of drug-likeness (QED) is 0.377. The predicted octanol–water partition coefficient (Wildman–Crippen LogP) is -0.217. The monoisotopic (exact) mass is 166 g/mol. The van der Waals surface area contributed by atoms with Gasteiger partial charge in [0.2, 0.25) is 0 Å². The number of hydrogen-bond acceptors (Lipinski definition) is 1. The molecule has 0 aliphatic heterocycles. The van der Waals surface area contributed by atoms with Crippen molar-refractivity contribution in [3.8, 4) is 0 Å². The van der Waals surface area contributed by atoms with Crippen LogP contribution >= 0.6 is 0 Å². The molecule has 0 unspecified atom stereocenters. The molecule has 1 N–H and O–H groups in total. The van der Waals surface area contributed by atoms with E-state index >= 15 is 0 Å². The summed E-state index contributed by atoms with van der Waals surface area (Å²) in [5.41, 5.74) is 3.46. The summed E-state index contributed by atoms with van der Waals surface area (Å²) in [4.78, 5) is 0. The zero-order chi connectivity index (χ0) is 8.39. The van der Waals surface area contributed by atoms with E-state index < -0.39 is 0 Å². The summed E-state index contributed by atoms with van der Waals surface area (Å²) in [5.74, 6) is 7.02. The molecule has 2 rings (SSSR count). The fourth-order valence-corrected chi connectivity index (χ4v) is 1.72. The van der Waals surface area contributed by atoms with E-state index in [1.54, 1.807) is 0 Å². The third-order valence-electron chi connectivity index (χ3n) is 2.32. The van der Waals surface area contributed by atoms with Gasteiger partial charge in [-0.05, 0) is 30.4 Å². The van der Waals surface area contributed by atoms with E-state index in [0.29, 0.717) is 0 Å². The number of benzene rings is 1. The van der Waals surface area contributed by atoms with Gasteiger partial charge in [0.1, 0.15) is 0 Å². The average Bonchev–Trinajstić information content (AvgIpc) is 2.17. The molecule has 0 radical (unpaired) electrons. The first-order chi connectivity index (χ1) is 5.92. The molecule has 0 bridgehead atoms. The van der Waals surface area contributed by atoms with Crippen LogP contribution in [0.4, 0.5) is 0 Å².